The van der Waals surface area contributed by atoms with E-state index in [0.29, 0.717) is 0 Å². The molecule has 0 aliphatic rings. The van der Waals surface area contributed by atoms with Gasteiger partial charge in [0.1, 0.15) is 11.3 Å². The Morgan fingerprint density at radius 3 is 2.69 bits per heavy atom. The summed E-state index contributed by atoms with van der Waals surface area (Å²) in [5, 5.41) is -0.0681. The summed E-state index contributed by atoms with van der Waals surface area (Å²) >= 11 is 0. The van der Waals surface area contributed by atoms with Crippen LogP contribution in [-0.2, 0) is 0 Å². The lowest BCUT2D eigenvalue weighted by molar-refractivity contribution is 0.514. The smallest absolute Gasteiger partial charge is 0.185 e. The van der Waals surface area contributed by atoms with Crippen molar-refractivity contribution in [3.05, 3.63) is 41.8 Å². The summed E-state index contributed by atoms with van der Waals surface area (Å²) in [4.78, 5) is 3.49. The van der Waals surface area contributed by atoms with Crippen LogP contribution >= 0.6 is 0 Å². The van der Waals surface area contributed by atoms with Crippen LogP contribution in [0.1, 0.15) is 0 Å². The zero-order valence-electron chi connectivity index (χ0n) is 6.31. The van der Waals surface area contributed by atoms with Gasteiger partial charge < -0.3 is 0 Å². The Hall–Kier alpha value is -1.58. The van der Waals surface area contributed by atoms with Crippen molar-refractivity contribution in [2.75, 3.05) is 0 Å². The third kappa shape index (κ3) is 1.14. The number of pyridine rings is 1. The van der Waals surface area contributed by atoms with Gasteiger partial charge in [-0.2, -0.15) is 0 Å². The molecule has 0 fully saturated rings. The molecule has 0 saturated carbocycles. The lowest BCUT2D eigenvalue weighted by atomic mass is 10.2. The van der Waals surface area contributed by atoms with Gasteiger partial charge in [-0.05, 0) is 12.1 Å². The van der Waals surface area contributed by atoms with Gasteiger partial charge in [0.25, 0.3) is 0 Å². The molecule has 1 aromatic heterocycles. The van der Waals surface area contributed by atoms with Crippen LogP contribution in [0.5, 0.6) is 0 Å². The van der Waals surface area contributed by atoms with Gasteiger partial charge in [-0.25, -0.2) is 13.2 Å². The van der Waals surface area contributed by atoms with Crippen LogP contribution in [0, 0.1) is 23.5 Å². The Morgan fingerprint density at radius 1 is 1.15 bits per heavy atom. The Morgan fingerprint density at radius 2 is 1.92 bits per heavy atom. The number of aromatic nitrogens is 1. The fourth-order valence-electron chi connectivity index (χ4n) is 1.07. The molecule has 4 heteroatoms. The largest absolute Gasteiger partial charge is 0.252 e. The van der Waals surface area contributed by atoms with Crippen LogP contribution in [0.15, 0.2) is 18.3 Å². The fraction of sp³-hybridized carbons (Fsp3) is 0. The summed E-state index contributed by atoms with van der Waals surface area (Å²) in [7, 11) is 0. The van der Waals surface area contributed by atoms with Crippen LogP contribution in [0.4, 0.5) is 13.2 Å². The van der Waals surface area contributed by atoms with E-state index in [0.717, 1.165) is 18.3 Å². The summed E-state index contributed by atoms with van der Waals surface area (Å²) in [6.45, 7) is 0. The first-order valence-electron chi connectivity index (χ1n) is 3.50. The molecule has 1 heterocycles. The highest BCUT2D eigenvalue weighted by Crippen LogP contribution is 2.19. The van der Waals surface area contributed by atoms with Crippen molar-refractivity contribution in [1.29, 1.82) is 0 Å². The van der Waals surface area contributed by atoms with Crippen LogP contribution in [0.25, 0.3) is 10.9 Å². The highest BCUT2D eigenvalue weighted by atomic mass is 19.2. The topological polar surface area (TPSA) is 12.9 Å². The molecule has 65 valence electrons. The number of benzene rings is 1. The Balaban J connectivity index is 2.94. The third-order valence-corrected chi connectivity index (χ3v) is 1.69. The number of rotatable bonds is 0. The second kappa shape index (κ2) is 2.73. The molecule has 0 bridgehead atoms. The van der Waals surface area contributed by atoms with E-state index in [9.17, 15) is 13.2 Å². The molecule has 0 unspecified atom stereocenters. The first-order valence-corrected chi connectivity index (χ1v) is 3.50. The van der Waals surface area contributed by atoms with Gasteiger partial charge in [-0.15, -0.1) is 0 Å². The predicted molar refractivity (Wildman–Crippen MR) is 40.5 cm³/mol. The van der Waals surface area contributed by atoms with Crippen molar-refractivity contribution in [2.24, 2.45) is 0 Å². The average molecular weight is 182 g/mol. The summed E-state index contributed by atoms with van der Waals surface area (Å²) in [5.41, 5.74) is -0.309. The minimum Gasteiger partial charge on any atom is -0.252 e. The molecule has 0 atom stereocenters. The van der Waals surface area contributed by atoms with Crippen LogP contribution in [0.3, 0.4) is 0 Å². The van der Waals surface area contributed by atoms with Gasteiger partial charge in [-0.3, -0.25) is 4.98 Å². The first kappa shape index (κ1) is 8.04. The SMILES string of the molecule is Fc1ccc2c(F)[c]cnc2c1F. The zero-order valence-corrected chi connectivity index (χ0v) is 6.31. The molecule has 2 rings (SSSR count). The summed E-state index contributed by atoms with van der Waals surface area (Å²) in [6.07, 6.45) is 0.972. The minimum absolute atomic E-state index is 0.0681. The van der Waals surface area contributed by atoms with Gasteiger partial charge in [0.2, 0.25) is 0 Å². The molecule has 1 nitrogen and oxygen atoms in total. The summed E-state index contributed by atoms with van der Waals surface area (Å²) in [5.74, 6) is -2.90. The van der Waals surface area contributed by atoms with E-state index in [-0.39, 0.29) is 10.9 Å². The van der Waals surface area contributed by atoms with Crippen molar-refractivity contribution in [1.82, 2.24) is 4.98 Å². The molecule has 2 aromatic rings. The van der Waals surface area contributed by atoms with Crippen molar-refractivity contribution in [2.45, 2.75) is 0 Å². The highest BCUT2D eigenvalue weighted by Gasteiger charge is 2.10. The standard InChI is InChI=1S/C9H3F3N/c10-6-3-4-13-9-5(6)1-2-7(11)8(9)12/h1-2,4H. The number of fused-ring (bicyclic) bond motifs is 1. The predicted octanol–water partition coefficient (Wildman–Crippen LogP) is 2.45. The Labute approximate surface area is 71.8 Å². The molecule has 1 radical (unpaired) electrons. The summed E-state index contributed by atoms with van der Waals surface area (Å²) in [6, 6.07) is 4.14. The van der Waals surface area contributed by atoms with E-state index in [1.54, 1.807) is 0 Å². The number of hydrogen-bond donors (Lipinski definition) is 0. The summed E-state index contributed by atoms with van der Waals surface area (Å²) < 4.78 is 38.5. The highest BCUT2D eigenvalue weighted by molar-refractivity contribution is 5.79. The maximum absolute atomic E-state index is 13.0. The van der Waals surface area contributed by atoms with Crippen molar-refractivity contribution < 1.29 is 13.2 Å². The normalized spacial score (nSPS) is 10.7. The monoisotopic (exact) mass is 182 g/mol. The van der Waals surface area contributed by atoms with E-state index in [4.69, 9.17) is 0 Å². The van der Waals surface area contributed by atoms with Crippen molar-refractivity contribution in [3.8, 4) is 0 Å². The maximum atomic E-state index is 13.0. The maximum Gasteiger partial charge on any atom is 0.185 e. The van der Waals surface area contributed by atoms with Gasteiger partial charge in [0.15, 0.2) is 11.6 Å². The molecule has 0 aliphatic carbocycles. The van der Waals surface area contributed by atoms with Gasteiger partial charge in [0.05, 0.1) is 0 Å². The van der Waals surface area contributed by atoms with E-state index < -0.39 is 17.5 Å². The molecule has 0 N–H and O–H groups in total. The van der Waals surface area contributed by atoms with E-state index in [2.05, 4.69) is 11.1 Å². The molecule has 0 saturated heterocycles. The van der Waals surface area contributed by atoms with Crippen LogP contribution in [-0.4, -0.2) is 4.98 Å². The van der Waals surface area contributed by atoms with Crippen molar-refractivity contribution in [3.63, 3.8) is 0 Å². The number of halogens is 3. The molecule has 0 spiro atoms. The second-order valence-electron chi connectivity index (χ2n) is 2.47. The Bertz CT molecular complexity index is 468. The zero-order chi connectivity index (χ0) is 9.42. The van der Waals surface area contributed by atoms with Crippen LogP contribution in [0.2, 0.25) is 0 Å². The van der Waals surface area contributed by atoms with E-state index >= 15 is 0 Å². The molecule has 1 aromatic carbocycles. The lowest BCUT2D eigenvalue weighted by Crippen LogP contribution is -1.91. The lowest BCUT2D eigenvalue weighted by Gasteiger charge is -1.99. The van der Waals surface area contributed by atoms with E-state index in [1.807, 2.05) is 0 Å². The third-order valence-electron chi connectivity index (χ3n) is 1.69. The molecular formula is C9H3F3N. The van der Waals surface area contributed by atoms with Gasteiger partial charge in [-0.1, -0.05) is 0 Å². The molecule has 13 heavy (non-hydrogen) atoms. The fourth-order valence-corrected chi connectivity index (χ4v) is 1.07. The van der Waals surface area contributed by atoms with Gasteiger partial charge in [0, 0.05) is 17.6 Å². The molecule has 0 aliphatic heterocycles. The average Bonchev–Trinajstić information content (AvgIpc) is 2.12. The number of hydrogen-bond acceptors (Lipinski definition) is 1. The second-order valence-corrected chi connectivity index (χ2v) is 2.47. The minimum atomic E-state index is -1.13. The van der Waals surface area contributed by atoms with E-state index in [1.165, 1.54) is 0 Å². The molecular weight excluding hydrogens is 179 g/mol. The first-order chi connectivity index (χ1) is 6.20. The van der Waals surface area contributed by atoms with Crippen molar-refractivity contribution >= 4 is 10.9 Å². The quantitative estimate of drug-likeness (QED) is 0.609. The molecule has 0 amide bonds. The van der Waals surface area contributed by atoms with Crippen LogP contribution < -0.4 is 0 Å². The Kier molecular flexibility index (Phi) is 1.69. The van der Waals surface area contributed by atoms with Gasteiger partial charge >= 0.3 is 0 Å². The number of nitrogens with zero attached hydrogens (tertiary/aromatic N) is 1.